The van der Waals surface area contributed by atoms with E-state index in [1.807, 2.05) is 0 Å². The average molecular weight is 186 g/mol. The normalized spacial score (nSPS) is 16.5. The second-order valence-electron chi connectivity index (χ2n) is 4.43. The van der Waals surface area contributed by atoms with Crippen LogP contribution >= 0.6 is 0 Å². The molecule has 0 spiro atoms. The van der Waals surface area contributed by atoms with Gasteiger partial charge in [0.1, 0.15) is 0 Å². The van der Waals surface area contributed by atoms with Gasteiger partial charge in [-0.3, -0.25) is 0 Å². The van der Waals surface area contributed by atoms with Gasteiger partial charge in [0.15, 0.2) is 0 Å². The monoisotopic (exact) mass is 186 g/mol. The van der Waals surface area contributed by atoms with Gasteiger partial charge in [0.2, 0.25) is 0 Å². The van der Waals surface area contributed by atoms with E-state index in [2.05, 4.69) is 39.0 Å². The predicted molar refractivity (Wildman–Crippen MR) is 62.4 cm³/mol. The van der Waals surface area contributed by atoms with Gasteiger partial charge in [0.25, 0.3) is 0 Å². The molecule has 0 saturated carbocycles. The summed E-state index contributed by atoms with van der Waals surface area (Å²) in [5, 5.41) is 0. The van der Waals surface area contributed by atoms with Crippen LogP contribution in [0.25, 0.3) is 5.57 Å². The molecule has 0 unspecified atom stereocenters. The second kappa shape index (κ2) is 3.61. The van der Waals surface area contributed by atoms with E-state index in [-0.39, 0.29) is 0 Å². The van der Waals surface area contributed by atoms with Gasteiger partial charge in [0.05, 0.1) is 0 Å². The van der Waals surface area contributed by atoms with Crippen molar-refractivity contribution in [2.24, 2.45) is 0 Å². The zero-order chi connectivity index (χ0) is 10.1. The van der Waals surface area contributed by atoms with Crippen molar-refractivity contribution in [1.82, 2.24) is 0 Å². The lowest BCUT2D eigenvalue weighted by atomic mass is 9.96. The van der Waals surface area contributed by atoms with Gasteiger partial charge >= 0.3 is 0 Å². The summed E-state index contributed by atoms with van der Waals surface area (Å²) in [6, 6.07) is 6.77. The number of rotatable bonds is 1. The van der Waals surface area contributed by atoms with Gasteiger partial charge in [-0.1, -0.05) is 29.3 Å². The van der Waals surface area contributed by atoms with E-state index < -0.39 is 0 Å². The quantitative estimate of drug-likeness (QED) is 0.614. The van der Waals surface area contributed by atoms with E-state index in [0.717, 1.165) is 0 Å². The van der Waals surface area contributed by atoms with Crippen LogP contribution in [0.4, 0.5) is 0 Å². The highest BCUT2D eigenvalue weighted by Gasteiger charge is 2.14. The standard InChI is InChI=1S/C14H18/c1-10-7-8-12(3)14(9-10)13-6-4-5-11(13)2/h7-9H,4-6H2,1-3H3. The Balaban J connectivity index is 2.50. The Morgan fingerprint density at radius 2 is 1.79 bits per heavy atom. The first-order valence-corrected chi connectivity index (χ1v) is 5.45. The molecule has 14 heavy (non-hydrogen) atoms. The van der Waals surface area contributed by atoms with E-state index in [4.69, 9.17) is 0 Å². The van der Waals surface area contributed by atoms with E-state index >= 15 is 0 Å². The summed E-state index contributed by atoms with van der Waals surface area (Å²) >= 11 is 0. The van der Waals surface area contributed by atoms with Crippen LogP contribution in [0.15, 0.2) is 23.8 Å². The number of aryl methyl sites for hydroxylation is 2. The number of benzene rings is 1. The molecule has 0 bridgehead atoms. The molecule has 0 heteroatoms. The van der Waals surface area contributed by atoms with Crippen LogP contribution < -0.4 is 0 Å². The minimum atomic E-state index is 1.27. The summed E-state index contributed by atoms with van der Waals surface area (Å²) in [7, 11) is 0. The Morgan fingerprint density at radius 1 is 1.00 bits per heavy atom. The first-order valence-electron chi connectivity index (χ1n) is 5.45. The third-order valence-corrected chi connectivity index (χ3v) is 3.21. The van der Waals surface area contributed by atoms with Crippen LogP contribution in [0.2, 0.25) is 0 Å². The lowest BCUT2D eigenvalue weighted by Crippen LogP contribution is -1.89. The average Bonchev–Trinajstić information content (AvgIpc) is 2.56. The Kier molecular flexibility index (Phi) is 2.45. The van der Waals surface area contributed by atoms with Gasteiger partial charge in [-0.2, -0.15) is 0 Å². The summed E-state index contributed by atoms with van der Waals surface area (Å²) in [4.78, 5) is 0. The van der Waals surface area contributed by atoms with Crippen molar-refractivity contribution in [2.45, 2.75) is 40.0 Å². The minimum Gasteiger partial charge on any atom is -0.0695 e. The van der Waals surface area contributed by atoms with E-state index in [9.17, 15) is 0 Å². The highest BCUT2D eigenvalue weighted by Crippen LogP contribution is 2.35. The van der Waals surface area contributed by atoms with E-state index in [1.165, 1.54) is 36.0 Å². The maximum atomic E-state index is 2.33. The van der Waals surface area contributed by atoms with Crippen molar-refractivity contribution < 1.29 is 0 Å². The fourth-order valence-corrected chi connectivity index (χ4v) is 2.32. The van der Waals surface area contributed by atoms with Crippen molar-refractivity contribution in [1.29, 1.82) is 0 Å². The molecule has 1 aliphatic carbocycles. The summed E-state index contributed by atoms with van der Waals surface area (Å²) in [6.07, 6.45) is 3.91. The lowest BCUT2D eigenvalue weighted by Gasteiger charge is -2.09. The smallest absolute Gasteiger partial charge is 0.0193 e. The third-order valence-electron chi connectivity index (χ3n) is 3.21. The van der Waals surface area contributed by atoms with Crippen molar-refractivity contribution in [2.75, 3.05) is 0 Å². The minimum absolute atomic E-state index is 1.27. The van der Waals surface area contributed by atoms with Gasteiger partial charge in [-0.25, -0.2) is 0 Å². The molecular weight excluding hydrogens is 168 g/mol. The Hall–Kier alpha value is -1.04. The van der Waals surface area contributed by atoms with Crippen molar-refractivity contribution >= 4 is 5.57 Å². The van der Waals surface area contributed by atoms with Gasteiger partial charge in [-0.15, -0.1) is 0 Å². The number of hydrogen-bond donors (Lipinski definition) is 0. The maximum Gasteiger partial charge on any atom is -0.0193 e. The molecule has 1 aromatic carbocycles. The van der Waals surface area contributed by atoms with Crippen LogP contribution in [0, 0.1) is 13.8 Å². The largest absolute Gasteiger partial charge is 0.0695 e. The topological polar surface area (TPSA) is 0 Å². The molecule has 0 amide bonds. The Labute approximate surface area is 86.7 Å². The molecule has 1 aliphatic rings. The summed E-state index contributed by atoms with van der Waals surface area (Å²) in [5.74, 6) is 0. The van der Waals surface area contributed by atoms with Crippen LogP contribution in [0.5, 0.6) is 0 Å². The van der Waals surface area contributed by atoms with E-state index in [1.54, 1.807) is 11.1 Å². The second-order valence-corrected chi connectivity index (χ2v) is 4.43. The summed E-state index contributed by atoms with van der Waals surface area (Å²) < 4.78 is 0. The SMILES string of the molecule is CC1=C(c2cc(C)ccc2C)CCC1. The molecule has 0 atom stereocenters. The molecule has 0 nitrogen and oxygen atoms in total. The predicted octanol–water partition coefficient (Wildman–Crippen LogP) is 4.26. The van der Waals surface area contributed by atoms with Crippen molar-refractivity contribution in [3.8, 4) is 0 Å². The van der Waals surface area contributed by atoms with Crippen LogP contribution in [-0.2, 0) is 0 Å². The molecular formula is C14H18. The van der Waals surface area contributed by atoms with Gasteiger partial charge in [-0.05, 0) is 56.7 Å². The van der Waals surface area contributed by atoms with Crippen LogP contribution in [0.1, 0.15) is 42.9 Å². The number of hydrogen-bond acceptors (Lipinski definition) is 0. The Morgan fingerprint density at radius 3 is 2.43 bits per heavy atom. The van der Waals surface area contributed by atoms with Crippen molar-refractivity contribution in [3.63, 3.8) is 0 Å². The highest BCUT2D eigenvalue weighted by molar-refractivity contribution is 5.72. The zero-order valence-corrected chi connectivity index (χ0v) is 9.35. The molecule has 74 valence electrons. The Bertz CT molecular complexity index is 383. The maximum absolute atomic E-state index is 2.33. The van der Waals surface area contributed by atoms with Crippen LogP contribution in [0.3, 0.4) is 0 Å². The van der Waals surface area contributed by atoms with Gasteiger partial charge in [0, 0.05) is 0 Å². The lowest BCUT2D eigenvalue weighted by molar-refractivity contribution is 0.910. The third kappa shape index (κ3) is 1.61. The van der Waals surface area contributed by atoms with Crippen LogP contribution in [-0.4, -0.2) is 0 Å². The molecule has 2 rings (SSSR count). The fourth-order valence-electron chi connectivity index (χ4n) is 2.32. The first kappa shape index (κ1) is 9.51. The summed E-state index contributed by atoms with van der Waals surface area (Å²) in [5.41, 5.74) is 7.48. The molecule has 0 fully saturated rings. The number of allylic oxidation sites excluding steroid dienone is 2. The zero-order valence-electron chi connectivity index (χ0n) is 9.35. The van der Waals surface area contributed by atoms with Crippen molar-refractivity contribution in [3.05, 3.63) is 40.5 Å². The van der Waals surface area contributed by atoms with E-state index in [0.29, 0.717) is 0 Å². The molecule has 0 aliphatic heterocycles. The molecule has 1 aromatic rings. The molecule has 0 radical (unpaired) electrons. The molecule has 0 heterocycles. The molecule has 0 N–H and O–H groups in total. The van der Waals surface area contributed by atoms with Gasteiger partial charge < -0.3 is 0 Å². The highest BCUT2D eigenvalue weighted by atomic mass is 14.2. The fraction of sp³-hybridized carbons (Fsp3) is 0.429. The summed E-state index contributed by atoms with van der Waals surface area (Å²) in [6.45, 7) is 6.67. The first-order chi connectivity index (χ1) is 6.68. The molecule has 0 aromatic heterocycles. The molecule has 0 saturated heterocycles.